The minimum Gasteiger partial charge on any atom is -0.327 e. The van der Waals surface area contributed by atoms with Crippen LogP contribution in [0.4, 0.5) is 0 Å². The summed E-state index contributed by atoms with van der Waals surface area (Å²) in [4.78, 5) is 7.80. The van der Waals surface area contributed by atoms with Gasteiger partial charge in [0.15, 0.2) is 0 Å². The Morgan fingerprint density at radius 1 is 0.759 bits per heavy atom. The van der Waals surface area contributed by atoms with Crippen LogP contribution in [-0.4, -0.2) is 9.55 Å². The van der Waals surface area contributed by atoms with Gasteiger partial charge in [-0.3, -0.25) is 0 Å². The normalized spacial score (nSPS) is 12.0. The van der Waals surface area contributed by atoms with E-state index in [-0.39, 0.29) is 0 Å². The third kappa shape index (κ3) is 3.40. The van der Waals surface area contributed by atoms with E-state index in [4.69, 9.17) is 4.98 Å². The van der Waals surface area contributed by atoms with Crippen LogP contribution >= 0.6 is 11.8 Å². The topological polar surface area (TPSA) is 17.8 Å². The molecular weight excluding hydrogens is 372 g/mol. The van der Waals surface area contributed by atoms with Gasteiger partial charge in [-0.25, -0.2) is 4.98 Å². The van der Waals surface area contributed by atoms with E-state index < -0.39 is 0 Å². The van der Waals surface area contributed by atoms with E-state index in [2.05, 4.69) is 90.4 Å². The van der Waals surface area contributed by atoms with Crippen molar-refractivity contribution in [3.63, 3.8) is 0 Å². The standard InChI is InChI=1S/C26H24N2S/c1-2-10-24-27-25-20-13-6-8-15-22(20)29-23-16-9-7-14-21(23)26(25)28(24)18-17-19-11-4-3-5-12-19/h3-9,11-16H,2,10,17-18H2,1H3. The molecule has 1 aromatic heterocycles. The van der Waals surface area contributed by atoms with Crippen molar-refractivity contribution in [2.24, 2.45) is 0 Å². The van der Waals surface area contributed by atoms with Crippen LogP contribution in [0.5, 0.6) is 0 Å². The highest BCUT2D eigenvalue weighted by atomic mass is 32.2. The molecule has 2 nitrogen and oxygen atoms in total. The van der Waals surface area contributed by atoms with Gasteiger partial charge in [0.1, 0.15) is 5.82 Å². The molecule has 0 aliphatic carbocycles. The van der Waals surface area contributed by atoms with Gasteiger partial charge in [0, 0.05) is 33.9 Å². The van der Waals surface area contributed by atoms with Gasteiger partial charge in [0.2, 0.25) is 0 Å². The molecule has 0 atom stereocenters. The Bertz CT molecular complexity index is 1140. The maximum absolute atomic E-state index is 5.20. The molecule has 0 saturated carbocycles. The average molecular weight is 397 g/mol. The number of aryl methyl sites for hydroxylation is 2. The molecule has 0 bridgehead atoms. The maximum atomic E-state index is 5.20. The van der Waals surface area contributed by atoms with Gasteiger partial charge in [-0.1, -0.05) is 85.4 Å². The molecule has 2 heterocycles. The number of hydrogen-bond acceptors (Lipinski definition) is 2. The lowest BCUT2D eigenvalue weighted by Crippen LogP contribution is -2.08. The molecular formula is C26H24N2S. The fraction of sp³-hybridized carbons (Fsp3) is 0.192. The van der Waals surface area contributed by atoms with E-state index in [1.54, 1.807) is 0 Å². The minimum atomic E-state index is 0.947. The van der Waals surface area contributed by atoms with Crippen LogP contribution in [0.1, 0.15) is 24.7 Å². The Morgan fingerprint density at radius 2 is 1.41 bits per heavy atom. The maximum Gasteiger partial charge on any atom is 0.109 e. The summed E-state index contributed by atoms with van der Waals surface area (Å²) in [6, 6.07) is 28.2. The molecule has 29 heavy (non-hydrogen) atoms. The molecule has 0 unspecified atom stereocenters. The van der Waals surface area contributed by atoms with Crippen molar-refractivity contribution in [1.29, 1.82) is 0 Å². The highest BCUT2D eigenvalue weighted by Crippen LogP contribution is 2.47. The number of aromatic nitrogens is 2. The number of fused-ring (bicyclic) bond motifs is 5. The van der Waals surface area contributed by atoms with Gasteiger partial charge < -0.3 is 4.57 Å². The first kappa shape index (κ1) is 18.3. The van der Waals surface area contributed by atoms with E-state index in [9.17, 15) is 0 Å². The number of rotatable bonds is 5. The van der Waals surface area contributed by atoms with Crippen LogP contribution in [0, 0.1) is 0 Å². The summed E-state index contributed by atoms with van der Waals surface area (Å²) in [7, 11) is 0. The van der Waals surface area contributed by atoms with E-state index in [1.807, 2.05) is 11.8 Å². The summed E-state index contributed by atoms with van der Waals surface area (Å²) in [6.45, 7) is 3.18. The number of hydrogen-bond donors (Lipinski definition) is 0. The molecule has 5 rings (SSSR count). The zero-order valence-corrected chi connectivity index (χ0v) is 17.5. The van der Waals surface area contributed by atoms with Crippen molar-refractivity contribution in [3.8, 4) is 22.5 Å². The lowest BCUT2D eigenvalue weighted by molar-refractivity contribution is 0.647. The van der Waals surface area contributed by atoms with Crippen molar-refractivity contribution in [3.05, 3.63) is 90.3 Å². The molecule has 144 valence electrons. The van der Waals surface area contributed by atoms with Gasteiger partial charge in [-0.15, -0.1) is 0 Å². The van der Waals surface area contributed by atoms with E-state index in [1.165, 1.54) is 38.0 Å². The van der Waals surface area contributed by atoms with Crippen molar-refractivity contribution >= 4 is 11.8 Å². The van der Waals surface area contributed by atoms with Crippen LogP contribution in [0.25, 0.3) is 22.5 Å². The van der Waals surface area contributed by atoms with E-state index in [0.29, 0.717) is 0 Å². The Balaban J connectivity index is 1.70. The highest BCUT2D eigenvalue weighted by Gasteiger charge is 2.26. The Kier molecular flexibility index (Phi) is 4.99. The van der Waals surface area contributed by atoms with Crippen LogP contribution in [0.15, 0.2) is 88.7 Å². The van der Waals surface area contributed by atoms with Gasteiger partial charge in [0.05, 0.1) is 11.4 Å². The van der Waals surface area contributed by atoms with Gasteiger partial charge in [-0.05, 0) is 30.5 Å². The highest BCUT2D eigenvalue weighted by molar-refractivity contribution is 7.99. The molecule has 0 fully saturated rings. The van der Waals surface area contributed by atoms with Gasteiger partial charge >= 0.3 is 0 Å². The second-order valence-corrected chi connectivity index (χ2v) is 8.54. The van der Waals surface area contributed by atoms with Crippen molar-refractivity contribution in [2.75, 3.05) is 0 Å². The van der Waals surface area contributed by atoms with E-state index in [0.717, 1.165) is 31.5 Å². The fourth-order valence-corrected chi connectivity index (χ4v) is 5.20. The van der Waals surface area contributed by atoms with Crippen LogP contribution in [0.2, 0.25) is 0 Å². The average Bonchev–Trinajstić information content (AvgIpc) is 3.05. The minimum absolute atomic E-state index is 0.947. The molecule has 1 aliphatic rings. The molecule has 0 spiro atoms. The van der Waals surface area contributed by atoms with Crippen LogP contribution in [-0.2, 0) is 19.4 Å². The molecule has 0 amide bonds. The molecule has 1 aliphatic heterocycles. The summed E-state index contributed by atoms with van der Waals surface area (Å²) in [5, 5.41) is 0. The zero-order valence-electron chi connectivity index (χ0n) is 16.6. The van der Waals surface area contributed by atoms with Crippen LogP contribution < -0.4 is 0 Å². The summed E-state index contributed by atoms with van der Waals surface area (Å²) < 4.78 is 2.48. The Morgan fingerprint density at radius 3 is 2.17 bits per heavy atom. The summed E-state index contributed by atoms with van der Waals surface area (Å²) >= 11 is 1.85. The number of benzene rings is 3. The first-order valence-corrected chi connectivity index (χ1v) is 11.2. The largest absolute Gasteiger partial charge is 0.327 e. The lowest BCUT2D eigenvalue weighted by atomic mass is 10.0. The second kappa shape index (κ2) is 7.92. The zero-order chi connectivity index (χ0) is 19.6. The second-order valence-electron chi connectivity index (χ2n) is 7.46. The molecule has 3 heteroatoms. The molecule has 0 N–H and O–H groups in total. The first-order chi connectivity index (χ1) is 14.3. The predicted molar refractivity (Wildman–Crippen MR) is 121 cm³/mol. The van der Waals surface area contributed by atoms with Crippen molar-refractivity contribution in [1.82, 2.24) is 9.55 Å². The molecule has 4 aromatic rings. The SMILES string of the molecule is CCCc1nc2c(n1CCc1ccccc1)-c1ccccc1Sc1ccccc1-2. The van der Waals surface area contributed by atoms with Crippen molar-refractivity contribution < 1.29 is 0 Å². The quantitative estimate of drug-likeness (QED) is 0.322. The summed E-state index contributed by atoms with van der Waals surface area (Å²) in [5.41, 5.74) is 6.33. The number of nitrogens with zero attached hydrogens (tertiary/aromatic N) is 2. The Hall–Kier alpha value is -2.78. The van der Waals surface area contributed by atoms with E-state index >= 15 is 0 Å². The Labute approximate surface area is 176 Å². The van der Waals surface area contributed by atoms with Crippen LogP contribution in [0.3, 0.4) is 0 Å². The summed E-state index contributed by atoms with van der Waals surface area (Å²) in [5.74, 6) is 1.20. The van der Waals surface area contributed by atoms with Gasteiger partial charge in [0.25, 0.3) is 0 Å². The predicted octanol–water partition coefficient (Wildman–Crippen LogP) is 6.88. The monoisotopic (exact) mass is 396 g/mol. The molecule has 3 aromatic carbocycles. The smallest absolute Gasteiger partial charge is 0.109 e. The third-order valence-corrected chi connectivity index (χ3v) is 6.64. The fourth-order valence-electron chi connectivity index (χ4n) is 4.12. The number of imidazole rings is 1. The van der Waals surface area contributed by atoms with Gasteiger partial charge in [-0.2, -0.15) is 0 Å². The summed E-state index contributed by atoms with van der Waals surface area (Å²) in [6.07, 6.45) is 3.11. The molecule has 0 radical (unpaired) electrons. The lowest BCUT2D eigenvalue weighted by Gasteiger charge is -2.14. The first-order valence-electron chi connectivity index (χ1n) is 10.3. The third-order valence-electron chi connectivity index (χ3n) is 5.49. The van der Waals surface area contributed by atoms with Crippen molar-refractivity contribution in [2.45, 2.75) is 42.5 Å². The molecule has 0 saturated heterocycles.